The average molecular weight is 322 g/mol. The van der Waals surface area contributed by atoms with Gasteiger partial charge >= 0.3 is 5.97 Å². The van der Waals surface area contributed by atoms with Crippen LogP contribution in [0.2, 0.25) is 5.02 Å². The van der Waals surface area contributed by atoms with E-state index in [2.05, 4.69) is 0 Å². The van der Waals surface area contributed by atoms with E-state index >= 15 is 0 Å². The number of ether oxygens (including phenoxy) is 1. The van der Waals surface area contributed by atoms with Crippen LogP contribution in [-0.4, -0.2) is 22.2 Å². The molecule has 118 valence electrons. The summed E-state index contributed by atoms with van der Waals surface area (Å²) >= 11 is 5.88. The quantitative estimate of drug-likeness (QED) is 0.847. The molecule has 2 aromatic rings. The van der Waals surface area contributed by atoms with Gasteiger partial charge in [-0.3, -0.25) is 0 Å². The SMILES string of the molecule is CCOC(=O)c1ccn(C(C)C)c1C(O)c1ccc(Cl)cc1. The normalized spacial score (nSPS) is 12.5. The third kappa shape index (κ3) is 3.34. The third-order valence-corrected chi connectivity index (χ3v) is 3.70. The van der Waals surface area contributed by atoms with E-state index in [0.29, 0.717) is 28.5 Å². The van der Waals surface area contributed by atoms with Crippen LogP contribution in [0.5, 0.6) is 0 Å². The minimum atomic E-state index is -0.922. The second-order valence-corrected chi connectivity index (χ2v) is 5.73. The Bertz CT molecular complexity index is 646. The lowest BCUT2D eigenvalue weighted by atomic mass is 10.0. The Morgan fingerprint density at radius 2 is 1.91 bits per heavy atom. The van der Waals surface area contributed by atoms with Crippen LogP contribution >= 0.6 is 11.6 Å². The van der Waals surface area contributed by atoms with Gasteiger partial charge in [0.1, 0.15) is 6.10 Å². The maximum absolute atomic E-state index is 12.1. The molecule has 5 heteroatoms. The molecule has 0 aliphatic carbocycles. The topological polar surface area (TPSA) is 51.5 Å². The first kappa shape index (κ1) is 16.6. The van der Waals surface area contributed by atoms with Crippen LogP contribution in [0.15, 0.2) is 36.5 Å². The zero-order chi connectivity index (χ0) is 16.3. The molecule has 1 N–H and O–H groups in total. The average Bonchev–Trinajstić information content (AvgIpc) is 2.92. The highest BCUT2D eigenvalue weighted by Crippen LogP contribution is 2.29. The molecule has 0 aliphatic rings. The number of rotatable bonds is 5. The molecule has 1 unspecified atom stereocenters. The lowest BCUT2D eigenvalue weighted by molar-refractivity contribution is 0.0520. The first-order chi connectivity index (χ1) is 10.5. The van der Waals surface area contributed by atoms with Gasteiger partial charge in [0.05, 0.1) is 17.9 Å². The van der Waals surface area contributed by atoms with Crippen molar-refractivity contribution in [3.63, 3.8) is 0 Å². The molecule has 0 aliphatic heterocycles. The Hall–Kier alpha value is -1.78. The van der Waals surface area contributed by atoms with E-state index < -0.39 is 12.1 Å². The van der Waals surface area contributed by atoms with Gasteiger partial charge in [-0.1, -0.05) is 23.7 Å². The van der Waals surface area contributed by atoms with Crippen LogP contribution in [0.4, 0.5) is 0 Å². The van der Waals surface area contributed by atoms with E-state index in [-0.39, 0.29) is 6.04 Å². The molecule has 1 atom stereocenters. The summed E-state index contributed by atoms with van der Waals surface area (Å²) in [5.41, 5.74) is 1.60. The fourth-order valence-electron chi connectivity index (χ4n) is 2.38. The number of halogens is 1. The largest absolute Gasteiger partial charge is 0.462 e. The van der Waals surface area contributed by atoms with Crippen LogP contribution in [-0.2, 0) is 4.74 Å². The predicted octanol–water partition coefficient (Wildman–Crippen LogP) is 3.98. The summed E-state index contributed by atoms with van der Waals surface area (Å²) in [6, 6.07) is 8.73. The molecule has 0 fully saturated rings. The summed E-state index contributed by atoms with van der Waals surface area (Å²) in [5, 5.41) is 11.3. The molecule has 4 nitrogen and oxygen atoms in total. The van der Waals surface area contributed by atoms with Crippen LogP contribution < -0.4 is 0 Å². The molecule has 0 saturated heterocycles. The number of aliphatic hydroxyl groups excluding tert-OH is 1. The van der Waals surface area contributed by atoms with Gasteiger partial charge in [-0.2, -0.15) is 0 Å². The molecule has 1 heterocycles. The summed E-state index contributed by atoms with van der Waals surface area (Å²) < 4.78 is 6.96. The first-order valence-corrected chi connectivity index (χ1v) is 7.64. The van der Waals surface area contributed by atoms with Gasteiger partial charge in [0.25, 0.3) is 0 Å². The number of esters is 1. The fourth-order valence-corrected chi connectivity index (χ4v) is 2.51. The van der Waals surface area contributed by atoms with Crippen molar-refractivity contribution in [1.29, 1.82) is 0 Å². The molecule has 0 amide bonds. The first-order valence-electron chi connectivity index (χ1n) is 7.27. The number of hydrogen-bond donors (Lipinski definition) is 1. The zero-order valence-corrected chi connectivity index (χ0v) is 13.7. The Morgan fingerprint density at radius 1 is 1.27 bits per heavy atom. The van der Waals surface area contributed by atoms with Crippen molar-refractivity contribution >= 4 is 17.6 Å². The van der Waals surface area contributed by atoms with Gasteiger partial charge in [-0.05, 0) is 44.5 Å². The number of carbonyl (C=O) groups excluding carboxylic acids is 1. The van der Waals surface area contributed by atoms with E-state index in [1.165, 1.54) is 0 Å². The summed E-state index contributed by atoms with van der Waals surface area (Å²) in [4.78, 5) is 12.1. The number of aromatic nitrogens is 1. The standard InChI is InChI=1S/C17H20ClNO3/c1-4-22-17(21)14-9-10-19(11(2)3)15(14)16(20)12-5-7-13(18)8-6-12/h5-11,16,20H,4H2,1-3H3. The number of nitrogens with zero attached hydrogens (tertiary/aromatic N) is 1. The molecule has 0 spiro atoms. The van der Waals surface area contributed by atoms with Gasteiger partial charge in [-0.15, -0.1) is 0 Å². The van der Waals surface area contributed by atoms with Crippen LogP contribution in [0.3, 0.4) is 0 Å². The molecule has 1 aromatic carbocycles. The van der Waals surface area contributed by atoms with E-state index in [1.807, 2.05) is 18.4 Å². The van der Waals surface area contributed by atoms with Crippen LogP contribution in [0.1, 0.15) is 54.5 Å². The molecule has 0 radical (unpaired) electrons. The lowest BCUT2D eigenvalue weighted by Gasteiger charge is -2.19. The minimum Gasteiger partial charge on any atom is -0.462 e. The zero-order valence-electron chi connectivity index (χ0n) is 12.9. The van der Waals surface area contributed by atoms with Crippen molar-refractivity contribution in [3.8, 4) is 0 Å². The van der Waals surface area contributed by atoms with E-state index in [4.69, 9.17) is 16.3 Å². The van der Waals surface area contributed by atoms with Crippen molar-refractivity contribution in [3.05, 3.63) is 58.4 Å². The molecular weight excluding hydrogens is 302 g/mol. The second-order valence-electron chi connectivity index (χ2n) is 5.29. The minimum absolute atomic E-state index is 0.111. The van der Waals surface area contributed by atoms with Gasteiger partial charge in [-0.25, -0.2) is 4.79 Å². The number of aliphatic hydroxyl groups is 1. The van der Waals surface area contributed by atoms with Gasteiger partial charge in [0.2, 0.25) is 0 Å². The lowest BCUT2D eigenvalue weighted by Crippen LogP contribution is -2.15. The van der Waals surface area contributed by atoms with E-state index in [0.717, 1.165) is 0 Å². The number of benzene rings is 1. The second kappa shape index (κ2) is 6.99. The molecule has 2 rings (SSSR count). The van der Waals surface area contributed by atoms with Crippen molar-refractivity contribution in [2.24, 2.45) is 0 Å². The van der Waals surface area contributed by atoms with Crippen LogP contribution in [0.25, 0.3) is 0 Å². The summed E-state index contributed by atoms with van der Waals surface area (Å²) in [7, 11) is 0. The van der Waals surface area contributed by atoms with E-state index in [9.17, 15) is 9.90 Å². The highest BCUT2D eigenvalue weighted by Gasteiger charge is 2.25. The van der Waals surface area contributed by atoms with Crippen molar-refractivity contribution in [2.75, 3.05) is 6.61 Å². The summed E-state index contributed by atoms with van der Waals surface area (Å²) in [6.07, 6.45) is 0.875. The number of hydrogen-bond acceptors (Lipinski definition) is 3. The van der Waals surface area contributed by atoms with Gasteiger partial charge < -0.3 is 14.4 Å². The fraction of sp³-hybridized carbons (Fsp3) is 0.353. The molecule has 22 heavy (non-hydrogen) atoms. The predicted molar refractivity (Wildman–Crippen MR) is 86.3 cm³/mol. The summed E-state index contributed by atoms with van der Waals surface area (Å²) in [5.74, 6) is -0.426. The Labute approximate surface area is 135 Å². The molecule has 1 aromatic heterocycles. The van der Waals surface area contributed by atoms with Crippen molar-refractivity contribution < 1.29 is 14.6 Å². The smallest absolute Gasteiger partial charge is 0.340 e. The monoisotopic (exact) mass is 321 g/mol. The van der Waals surface area contributed by atoms with Crippen LogP contribution in [0, 0.1) is 0 Å². The summed E-state index contributed by atoms with van der Waals surface area (Å²) in [6.45, 7) is 6.04. The molecule has 0 saturated carbocycles. The Morgan fingerprint density at radius 3 is 2.45 bits per heavy atom. The maximum Gasteiger partial charge on any atom is 0.340 e. The number of carbonyl (C=O) groups is 1. The van der Waals surface area contributed by atoms with Crippen molar-refractivity contribution in [2.45, 2.75) is 32.9 Å². The molecule has 0 bridgehead atoms. The van der Waals surface area contributed by atoms with Gasteiger partial charge in [0.15, 0.2) is 0 Å². The Kier molecular flexibility index (Phi) is 5.27. The molecular formula is C17H20ClNO3. The Balaban J connectivity index is 2.48. The highest BCUT2D eigenvalue weighted by molar-refractivity contribution is 6.30. The third-order valence-electron chi connectivity index (χ3n) is 3.45. The maximum atomic E-state index is 12.1. The van der Waals surface area contributed by atoms with E-state index in [1.54, 1.807) is 43.5 Å². The van der Waals surface area contributed by atoms with Gasteiger partial charge in [0, 0.05) is 17.3 Å². The van der Waals surface area contributed by atoms with Crippen molar-refractivity contribution in [1.82, 2.24) is 4.57 Å². The highest BCUT2D eigenvalue weighted by atomic mass is 35.5.